The lowest BCUT2D eigenvalue weighted by molar-refractivity contribution is -0.148. The van der Waals surface area contributed by atoms with Gasteiger partial charge in [0.2, 0.25) is 0 Å². The Morgan fingerprint density at radius 3 is 2.78 bits per heavy atom. The van der Waals surface area contributed by atoms with E-state index in [1.54, 1.807) is 0 Å². The molecule has 1 fully saturated rings. The third-order valence-electron chi connectivity index (χ3n) is 3.32. The van der Waals surface area contributed by atoms with Crippen molar-refractivity contribution in [2.45, 2.75) is 26.1 Å². The average Bonchev–Trinajstić information content (AvgIpc) is 2.96. The molecule has 0 amide bonds. The second kappa shape index (κ2) is 4.47. The Morgan fingerprint density at radius 1 is 1.39 bits per heavy atom. The van der Waals surface area contributed by atoms with Gasteiger partial charge in [-0.05, 0) is 54.1 Å². The van der Waals surface area contributed by atoms with Crippen molar-refractivity contribution in [1.82, 2.24) is 9.61 Å². The van der Waals surface area contributed by atoms with Crippen LogP contribution in [-0.2, 0) is 21.7 Å². The van der Waals surface area contributed by atoms with E-state index in [2.05, 4.69) is 46.7 Å². The maximum absolute atomic E-state index is 5.75. The molecule has 1 aliphatic heterocycles. The second-order valence-corrected chi connectivity index (χ2v) is 5.60. The van der Waals surface area contributed by atoms with Crippen LogP contribution in [0.2, 0.25) is 0 Å². The molecule has 0 spiro atoms. The molecule has 1 aliphatic rings. The van der Waals surface area contributed by atoms with E-state index in [4.69, 9.17) is 9.47 Å². The topological polar surface area (TPSA) is 35.8 Å². The maximum atomic E-state index is 5.75. The summed E-state index contributed by atoms with van der Waals surface area (Å²) in [6.07, 6.45) is 0.926. The largest absolute Gasteiger partial charge is 0.344 e. The molecule has 4 nitrogen and oxygen atoms in total. The minimum atomic E-state index is -0.642. The van der Waals surface area contributed by atoms with E-state index in [0.29, 0.717) is 13.2 Å². The number of hydrogen-bond donors (Lipinski definition) is 0. The highest BCUT2D eigenvalue weighted by molar-refractivity contribution is 14.1. The first kappa shape index (κ1) is 12.4. The Balaban J connectivity index is 2.23. The van der Waals surface area contributed by atoms with Gasteiger partial charge in [-0.25, -0.2) is 4.52 Å². The zero-order valence-corrected chi connectivity index (χ0v) is 12.6. The molecule has 18 heavy (non-hydrogen) atoms. The number of aromatic nitrogens is 2. The molecule has 3 rings (SSSR count). The van der Waals surface area contributed by atoms with Gasteiger partial charge >= 0.3 is 0 Å². The molecule has 1 saturated heterocycles. The van der Waals surface area contributed by atoms with Crippen molar-refractivity contribution in [3.05, 3.63) is 33.2 Å². The van der Waals surface area contributed by atoms with Crippen LogP contribution in [0.3, 0.4) is 0 Å². The van der Waals surface area contributed by atoms with Gasteiger partial charge in [-0.1, -0.05) is 6.92 Å². The summed E-state index contributed by atoms with van der Waals surface area (Å²) in [6, 6.07) is 6.24. The number of halogens is 1. The van der Waals surface area contributed by atoms with E-state index in [-0.39, 0.29) is 0 Å². The van der Waals surface area contributed by atoms with Gasteiger partial charge in [-0.2, -0.15) is 5.10 Å². The number of rotatable bonds is 2. The first-order valence-corrected chi connectivity index (χ1v) is 7.17. The zero-order valence-electron chi connectivity index (χ0n) is 10.4. The molecule has 0 aliphatic carbocycles. The highest BCUT2D eigenvalue weighted by atomic mass is 127. The van der Waals surface area contributed by atoms with Crippen LogP contribution in [0.15, 0.2) is 18.2 Å². The van der Waals surface area contributed by atoms with Crippen LogP contribution in [0.25, 0.3) is 5.52 Å². The lowest BCUT2D eigenvalue weighted by Gasteiger charge is -2.23. The van der Waals surface area contributed by atoms with Crippen molar-refractivity contribution in [3.63, 3.8) is 0 Å². The normalized spacial score (nSPS) is 18.6. The van der Waals surface area contributed by atoms with Crippen LogP contribution in [0.5, 0.6) is 0 Å². The standard InChI is InChI=1S/C13H15IN2O2/c1-3-9-8-11-10(13(2)17-6-7-18-13)4-5-12(14)16(11)15-9/h4-5,8H,3,6-7H2,1-2H3. The number of ether oxygens (including phenoxy) is 2. The van der Waals surface area contributed by atoms with Gasteiger partial charge in [0, 0.05) is 5.56 Å². The third-order valence-corrected chi connectivity index (χ3v) is 4.13. The highest BCUT2D eigenvalue weighted by Crippen LogP contribution is 2.34. The third kappa shape index (κ3) is 1.85. The summed E-state index contributed by atoms with van der Waals surface area (Å²) < 4.78 is 14.6. The van der Waals surface area contributed by atoms with Crippen molar-refractivity contribution >= 4 is 28.1 Å². The van der Waals surface area contributed by atoms with Crippen LogP contribution >= 0.6 is 22.6 Å². The summed E-state index contributed by atoms with van der Waals surface area (Å²) in [5.74, 6) is -0.642. The fourth-order valence-electron chi connectivity index (χ4n) is 2.32. The second-order valence-electron chi connectivity index (χ2n) is 4.50. The maximum Gasteiger partial charge on any atom is 0.194 e. The molecule has 0 radical (unpaired) electrons. The molecular weight excluding hydrogens is 343 g/mol. The van der Waals surface area contributed by atoms with Gasteiger partial charge < -0.3 is 9.47 Å². The number of hydrogen-bond acceptors (Lipinski definition) is 3. The SMILES string of the molecule is CCc1cc2c(C3(C)OCCO3)ccc(I)n2n1. The number of nitrogens with zero attached hydrogens (tertiary/aromatic N) is 2. The van der Waals surface area contributed by atoms with Crippen LogP contribution in [0.4, 0.5) is 0 Å². The van der Waals surface area contributed by atoms with E-state index in [9.17, 15) is 0 Å². The molecule has 3 heterocycles. The predicted molar refractivity (Wildman–Crippen MR) is 76.5 cm³/mol. The quantitative estimate of drug-likeness (QED) is 0.612. The molecule has 96 valence electrons. The summed E-state index contributed by atoms with van der Waals surface area (Å²) in [6.45, 7) is 5.37. The summed E-state index contributed by atoms with van der Waals surface area (Å²) >= 11 is 2.29. The number of aryl methyl sites for hydroxylation is 1. The molecule has 0 unspecified atom stereocenters. The highest BCUT2D eigenvalue weighted by Gasteiger charge is 2.35. The summed E-state index contributed by atoms with van der Waals surface area (Å²) in [4.78, 5) is 0. The molecular formula is C13H15IN2O2. The van der Waals surface area contributed by atoms with Crippen molar-refractivity contribution < 1.29 is 9.47 Å². The summed E-state index contributed by atoms with van der Waals surface area (Å²) in [5.41, 5.74) is 3.21. The van der Waals surface area contributed by atoms with Gasteiger partial charge in [-0.15, -0.1) is 0 Å². The van der Waals surface area contributed by atoms with Crippen molar-refractivity contribution in [1.29, 1.82) is 0 Å². The van der Waals surface area contributed by atoms with Gasteiger partial charge in [0.25, 0.3) is 0 Å². The monoisotopic (exact) mass is 358 g/mol. The minimum Gasteiger partial charge on any atom is -0.344 e. The number of fused-ring (bicyclic) bond motifs is 1. The van der Waals surface area contributed by atoms with Crippen molar-refractivity contribution in [3.8, 4) is 0 Å². The lowest BCUT2D eigenvalue weighted by atomic mass is 10.1. The van der Waals surface area contributed by atoms with Crippen LogP contribution in [0, 0.1) is 3.70 Å². The smallest absolute Gasteiger partial charge is 0.194 e. The van der Waals surface area contributed by atoms with E-state index in [1.807, 2.05) is 17.5 Å². The average molecular weight is 358 g/mol. The Labute approximate surface area is 119 Å². The zero-order chi connectivity index (χ0) is 12.8. The van der Waals surface area contributed by atoms with E-state index >= 15 is 0 Å². The first-order chi connectivity index (χ1) is 8.64. The molecule has 0 aromatic carbocycles. The molecule has 0 atom stereocenters. The fourth-order valence-corrected chi connectivity index (χ4v) is 2.87. The van der Waals surface area contributed by atoms with Gasteiger partial charge in [0.05, 0.1) is 24.4 Å². The molecule has 0 bridgehead atoms. The predicted octanol–water partition coefficient (Wildman–Crippen LogP) is 2.72. The molecule has 0 N–H and O–H groups in total. The van der Waals surface area contributed by atoms with Crippen LogP contribution in [0.1, 0.15) is 25.1 Å². The van der Waals surface area contributed by atoms with Crippen molar-refractivity contribution in [2.75, 3.05) is 13.2 Å². The Hall–Kier alpha value is -0.660. The summed E-state index contributed by atoms with van der Waals surface area (Å²) in [5, 5.41) is 4.59. The van der Waals surface area contributed by atoms with E-state index < -0.39 is 5.79 Å². The molecule has 2 aromatic rings. The van der Waals surface area contributed by atoms with Gasteiger partial charge in [0.1, 0.15) is 3.70 Å². The molecule has 5 heteroatoms. The first-order valence-electron chi connectivity index (χ1n) is 6.09. The molecule has 0 saturated carbocycles. The lowest BCUT2D eigenvalue weighted by Crippen LogP contribution is -2.23. The fraction of sp³-hybridized carbons (Fsp3) is 0.462. The Morgan fingerprint density at radius 2 is 2.11 bits per heavy atom. The van der Waals surface area contributed by atoms with Gasteiger partial charge in [-0.3, -0.25) is 0 Å². The Bertz CT molecular complexity index is 588. The molecule has 2 aromatic heterocycles. The van der Waals surface area contributed by atoms with Crippen LogP contribution in [-0.4, -0.2) is 22.8 Å². The van der Waals surface area contributed by atoms with Crippen molar-refractivity contribution in [2.24, 2.45) is 0 Å². The number of pyridine rings is 1. The summed E-state index contributed by atoms with van der Waals surface area (Å²) in [7, 11) is 0. The van der Waals surface area contributed by atoms with Crippen LogP contribution < -0.4 is 0 Å². The Kier molecular flexibility index (Phi) is 3.07. The van der Waals surface area contributed by atoms with Gasteiger partial charge in [0.15, 0.2) is 5.79 Å². The van der Waals surface area contributed by atoms with E-state index in [0.717, 1.165) is 26.9 Å². The van der Waals surface area contributed by atoms with E-state index in [1.165, 1.54) is 0 Å². The minimum absolute atomic E-state index is 0.642.